The van der Waals surface area contributed by atoms with Gasteiger partial charge < -0.3 is 14.5 Å². The average Bonchev–Trinajstić information content (AvgIpc) is 2.93. The van der Waals surface area contributed by atoms with Crippen molar-refractivity contribution in [3.63, 3.8) is 0 Å². The Morgan fingerprint density at radius 3 is 2.83 bits per heavy atom. The van der Waals surface area contributed by atoms with Gasteiger partial charge in [0, 0.05) is 24.5 Å². The van der Waals surface area contributed by atoms with Gasteiger partial charge in [-0.25, -0.2) is 9.78 Å². The topological polar surface area (TPSA) is 45.7 Å². The van der Waals surface area contributed by atoms with E-state index in [2.05, 4.69) is 40.5 Å². The van der Waals surface area contributed by atoms with Gasteiger partial charge in [0.1, 0.15) is 0 Å². The maximum Gasteiger partial charge on any atom is 0.357 e. The van der Waals surface area contributed by atoms with Crippen molar-refractivity contribution in [3.05, 3.63) is 11.1 Å². The normalized spacial score (nSPS) is 23.7. The van der Waals surface area contributed by atoms with E-state index in [1.165, 1.54) is 18.4 Å². The molecule has 0 spiro atoms. The number of thiazole rings is 1. The molecule has 0 aromatic carbocycles. The highest BCUT2D eigenvalue weighted by atomic mass is 32.1. The van der Waals surface area contributed by atoms with Gasteiger partial charge in [0.15, 0.2) is 10.8 Å². The molecule has 2 unspecified atom stereocenters. The summed E-state index contributed by atoms with van der Waals surface area (Å²) >= 11 is 1.50. The molecule has 1 aromatic rings. The van der Waals surface area contributed by atoms with Crippen LogP contribution >= 0.6 is 11.3 Å². The Labute approximate surface area is 111 Å². The lowest BCUT2D eigenvalue weighted by molar-refractivity contribution is 0.0595. The molecule has 2 heterocycles. The third-order valence-corrected chi connectivity index (χ3v) is 4.29. The quantitative estimate of drug-likeness (QED) is 0.774. The van der Waals surface area contributed by atoms with Crippen LogP contribution in [0, 0.1) is 5.92 Å². The number of esters is 1. The first-order valence-corrected chi connectivity index (χ1v) is 6.86. The minimum Gasteiger partial charge on any atom is -0.464 e. The molecule has 2 rings (SSSR count). The summed E-state index contributed by atoms with van der Waals surface area (Å²) in [5, 5.41) is 2.67. The molecule has 2 atom stereocenters. The van der Waals surface area contributed by atoms with Crippen LogP contribution in [0.1, 0.15) is 17.4 Å². The van der Waals surface area contributed by atoms with E-state index in [4.69, 9.17) is 0 Å². The molecule has 0 bridgehead atoms. The van der Waals surface area contributed by atoms with E-state index in [9.17, 15) is 4.79 Å². The molecule has 0 aliphatic carbocycles. The van der Waals surface area contributed by atoms with Crippen LogP contribution in [0.3, 0.4) is 0 Å². The second-order valence-electron chi connectivity index (χ2n) is 4.92. The van der Waals surface area contributed by atoms with Gasteiger partial charge in [-0.3, -0.25) is 0 Å². The second-order valence-corrected chi connectivity index (χ2v) is 5.76. The first-order chi connectivity index (χ1) is 8.52. The van der Waals surface area contributed by atoms with Gasteiger partial charge in [-0.1, -0.05) is 6.92 Å². The summed E-state index contributed by atoms with van der Waals surface area (Å²) in [6, 6.07) is 0.537. The molecule has 1 aromatic heterocycles. The van der Waals surface area contributed by atoms with Gasteiger partial charge in [0.05, 0.1) is 7.11 Å². The van der Waals surface area contributed by atoms with Crippen LogP contribution in [0.15, 0.2) is 5.38 Å². The van der Waals surface area contributed by atoms with Crippen molar-refractivity contribution in [2.75, 3.05) is 39.2 Å². The van der Waals surface area contributed by atoms with E-state index < -0.39 is 0 Å². The number of ether oxygens (including phenoxy) is 1. The number of methoxy groups -OCH3 is 1. The Kier molecular flexibility index (Phi) is 3.87. The molecular weight excluding hydrogens is 250 g/mol. The van der Waals surface area contributed by atoms with E-state index in [0.29, 0.717) is 17.7 Å². The number of hydrogen-bond donors (Lipinski definition) is 0. The molecule has 1 aliphatic rings. The first kappa shape index (κ1) is 13.3. The standard InChI is InChI=1S/C12H19N3O2S/c1-8-5-15(6-10(8)14(2)3)12-13-9(7-18-12)11(16)17-4/h7-8,10H,5-6H2,1-4H3. The van der Waals surface area contributed by atoms with Crippen molar-refractivity contribution in [2.24, 2.45) is 5.92 Å². The van der Waals surface area contributed by atoms with Crippen molar-refractivity contribution in [3.8, 4) is 0 Å². The highest BCUT2D eigenvalue weighted by molar-refractivity contribution is 7.13. The zero-order valence-electron chi connectivity index (χ0n) is 11.2. The summed E-state index contributed by atoms with van der Waals surface area (Å²) in [4.78, 5) is 20.2. The fraction of sp³-hybridized carbons (Fsp3) is 0.667. The molecule has 6 heteroatoms. The average molecular weight is 269 g/mol. The van der Waals surface area contributed by atoms with Crippen LogP contribution in [0.5, 0.6) is 0 Å². The van der Waals surface area contributed by atoms with Crippen molar-refractivity contribution < 1.29 is 9.53 Å². The number of hydrogen-bond acceptors (Lipinski definition) is 6. The molecule has 100 valence electrons. The van der Waals surface area contributed by atoms with Gasteiger partial charge in [-0.15, -0.1) is 11.3 Å². The van der Waals surface area contributed by atoms with E-state index in [1.54, 1.807) is 5.38 Å². The fourth-order valence-electron chi connectivity index (χ4n) is 2.39. The van der Waals surface area contributed by atoms with Crippen molar-refractivity contribution in [1.82, 2.24) is 9.88 Å². The third kappa shape index (κ3) is 2.49. The number of carbonyl (C=O) groups excluding carboxylic acids is 1. The Morgan fingerprint density at radius 2 is 2.28 bits per heavy atom. The molecule has 18 heavy (non-hydrogen) atoms. The van der Waals surface area contributed by atoms with E-state index in [-0.39, 0.29) is 5.97 Å². The van der Waals surface area contributed by atoms with Crippen LogP contribution in [0.2, 0.25) is 0 Å². The predicted molar refractivity (Wildman–Crippen MR) is 72.3 cm³/mol. The van der Waals surface area contributed by atoms with E-state index in [0.717, 1.165) is 18.2 Å². The summed E-state index contributed by atoms with van der Waals surface area (Å²) in [5.74, 6) is 0.236. The molecule has 0 radical (unpaired) electrons. The third-order valence-electron chi connectivity index (χ3n) is 3.39. The van der Waals surface area contributed by atoms with Crippen molar-refractivity contribution >= 4 is 22.4 Å². The van der Waals surface area contributed by atoms with Crippen molar-refractivity contribution in [2.45, 2.75) is 13.0 Å². The predicted octanol–water partition coefficient (Wildman–Crippen LogP) is 1.32. The summed E-state index contributed by atoms with van der Waals surface area (Å²) in [6.45, 7) is 4.19. The van der Waals surface area contributed by atoms with Crippen molar-refractivity contribution in [1.29, 1.82) is 0 Å². The zero-order valence-corrected chi connectivity index (χ0v) is 12.0. The SMILES string of the molecule is COC(=O)c1csc(N2CC(C)C(N(C)C)C2)n1. The number of rotatable bonds is 3. The monoisotopic (exact) mass is 269 g/mol. The maximum atomic E-state index is 11.4. The highest BCUT2D eigenvalue weighted by Crippen LogP contribution is 2.28. The van der Waals surface area contributed by atoms with Crippen LogP contribution < -0.4 is 4.90 Å². The minimum atomic E-state index is -0.367. The van der Waals surface area contributed by atoms with Gasteiger partial charge in [0.2, 0.25) is 0 Å². The minimum absolute atomic E-state index is 0.367. The summed E-state index contributed by atoms with van der Waals surface area (Å²) < 4.78 is 4.67. The Bertz CT molecular complexity index is 433. The number of nitrogens with zero attached hydrogens (tertiary/aromatic N) is 3. The first-order valence-electron chi connectivity index (χ1n) is 5.98. The molecule has 0 amide bonds. The summed E-state index contributed by atoms with van der Waals surface area (Å²) in [7, 11) is 5.58. The number of carbonyl (C=O) groups is 1. The van der Waals surface area contributed by atoms with Crippen LogP contribution in [-0.2, 0) is 4.74 Å². The number of likely N-dealkylation sites (N-methyl/N-ethyl adjacent to an activating group) is 1. The van der Waals surface area contributed by atoms with Gasteiger partial charge in [-0.05, 0) is 20.0 Å². The Hall–Kier alpha value is -1.14. The lowest BCUT2D eigenvalue weighted by Gasteiger charge is -2.22. The van der Waals surface area contributed by atoms with E-state index in [1.807, 2.05) is 0 Å². The largest absolute Gasteiger partial charge is 0.464 e. The van der Waals surface area contributed by atoms with Crippen LogP contribution in [0.25, 0.3) is 0 Å². The summed E-state index contributed by atoms with van der Waals surface area (Å²) in [6.07, 6.45) is 0. The molecule has 1 aliphatic heterocycles. The Balaban J connectivity index is 2.09. The van der Waals surface area contributed by atoms with Gasteiger partial charge in [0.25, 0.3) is 0 Å². The molecule has 1 fully saturated rings. The molecule has 5 nitrogen and oxygen atoms in total. The molecule has 0 N–H and O–H groups in total. The zero-order chi connectivity index (χ0) is 13.3. The van der Waals surface area contributed by atoms with E-state index >= 15 is 0 Å². The smallest absolute Gasteiger partial charge is 0.357 e. The Morgan fingerprint density at radius 1 is 1.56 bits per heavy atom. The molecular formula is C12H19N3O2S. The van der Waals surface area contributed by atoms with Gasteiger partial charge >= 0.3 is 5.97 Å². The lowest BCUT2D eigenvalue weighted by Crippen LogP contribution is -2.34. The highest BCUT2D eigenvalue weighted by Gasteiger charge is 2.32. The van der Waals surface area contributed by atoms with Gasteiger partial charge in [-0.2, -0.15) is 0 Å². The maximum absolute atomic E-state index is 11.4. The number of aromatic nitrogens is 1. The second kappa shape index (κ2) is 5.24. The van der Waals surface area contributed by atoms with Crippen LogP contribution in [0.4, 0.5) is 5.13 Å². The number of anilines is 1. The molecule has 0 saturated carbocycles. The lowest BCUT2D eigenvalue weighted by atomic mass is 10.1. The fourth-order valence-corrected chi connectivity index (χ4v) is 3.20. The molecule has 1 saturated heterocycles. The van der Waals surface area contributed by atoms with Crippen LogP contribution in [-0.4, -0.2) is 56.2 Å². The summed E-state index contributed by atoms with van der Waals surface area (Å²) in [5.41, 5.74) is 0.401.